The van der Waals surface area contributed by atoms with Gasteiger partial charge in [-0.2, -0.15) is 0 Å². The van der Waals surface area contributed by atoms with Crippen LogP contribution in [0.5, 0.6) is 11.5 Å². The second kappa shape index (κ2) is 8.30. The fourth-order valence-electron chi connectivity index (χ4n) is 3.02. The molecular formula is C22H20FN5O2. The van der Waals surface area contributed by atoms with Crippen molar-refractivity contribution in [2.24, 2.45) is 5.73 Å². The van der Waals surface area contributed by atoms with E-state index in [0.29, 0.717) is 40.3 Å². The summed E-state index contributed by atoms with van der Waals surface area (Å²) in [6.45, 7) is 1.83. The molecule has 0 saturated carbocycles. The van der Waals surface area contributed by atoms with E-state index in [-0.39, 0.29) is 11.7 Å². The highest BCUT2D eigenvalue weighted by Crippen LogP contribution is 2.36. The van der Waals surface area contributed by atoms with E-state index >= 15 is 0 Å². The minimum atomic E-state index is -0.664. The zero-order valence-electron chi connectivity index (χ0n) is 16.2. The zero-order chi connectivity index (χ0) is 21.1. The summed E-state index contributed by atoms with van der Waals surface area (Å²) in [5.41, 5.74) is 7.20. The van der Waals surface area contributed by atoms with Crippen molar-refractivity contribution in [1.82, 2.24) is 14.8 Å². The third-order valence-corrected chi connectivity index (χ3v) is 4.62. The maximum Gasteiger partial charge on any atom is 0.242 e. The van der Waals surface area contributed by atoms with Crippen LogP contribution in [0.25, 0.3) is 16.6 Å². The van der Waals surface area contributed by atoms with Gasteiger partial charge >= 0.3 is 0 Å². The van der Waals surface area contributed by atoms with Crippen molar-refractivity contribution in [2.75, 3.05) is 5.32 Å². The minimum absolute atomic E-state index is 0.308. The average molecular weight is 405 g/mol. The normalized spacial score (nSPS) is 12.0. The molecule has 0 saturated heterocycles. The zero-order valence-corrected chi connectivity index (χ0v) is 16.2. The summed E-state index contributed by atoms with van der Waals surface area (Å²) in [5.74, 6) is 0.650. The van der Waals surface area contributed by atoms with Gasteiger partial charge in [-0.05, 0) is 55.0 Å². The van der Waals surface area contributed by atoms with Gasteiger partial charge in [-0.3, -0.25) is 9.78 Å². The highest BCUT2D eigenvalue weighted by molar-refractivity contribution is 6.04. The molecule has 0 aliphatic heterocycles. The van der Waals surface area contributed by atoms with Crippen molar-refractivity contribution in [3.8, 4) is 17.2 Å². The number of nitrogens with one attached hydrogen (secondary N) is 1. The largest absolute Gasteiger partial charge is 0.455 e. The highest BCUT2D eigenvalue weighted by atomic mass is 19.1. The number of rotatable bonds is 6. The maximum atomic E-state index is 13.4. The summed E-state index contributed by atoms with van der Waals surface area (Å²) in [6, 6.07) is 14.2. The first kappa shape index (κ1) is 19.5. The first-order valence-electron chi connectivity index (χ1n) is 9.49. The standard InChI is InChI=1S/C22H20FN5O2/c1-2-17(24)22(29)26-21-20-18(28(27-21)15-10-8-14(23)9-11-15)6-3-7-19(20)30-16-5-4-12-25-13-16/h3-13,17H,2,24H2,1H3,(H,26,27,29)/t17-/m0/s1. The molecule has 0 aliphatic rings. The van der Waals surface area contributed by atoms with Crippen LogP contribution in [0.4, 0.5) is 10.2 Å². The first-order chi connectivity index (χ1) is 14.6. The summed E-state index contributed by atoms with van der Waals surface area (Å²) in [7, 11) is 0. The van der Waals surface area contributed by atoms with E-state index in [1.165, 1.54) is 12.1 Å². The highest BCUT2D eigenvalue weighted by Gasteiger charge is 2.20. The Kier molecular flexibility index (Phi) is 5.40. The Morgan fingerprint density at radius 2 is 2.00 bits per heavy atom. The Morgan fingerprint density at radius 3 is 2.70 bits per heavy atom. The van der Waals surface area contributed by atoms with Gasteiger partial charge in [-0.25, -0.2) is 9.07 Å². The van der Waals surface area contributed by atoms with Crippen LogP contribution in [-0.2, 0) is 4.79 Å². The van der Waals surface area contributed by atoms with Gasteiger partial charge in [0.15, 0.2) is 5.82 Å². The fourth-order valence-corrected chi connectivity index (χ4v) is 3.02. The Hall–Kier alpha value is -3.78. The summed E-state index contributed by atoms with van der Waals surface area (Å²) in [4.78, 5) is 16.5. The van der Waals surface area contributed by atoms with Crippen molar-refractivity contribution < 1.29 is 13.9 Å². The number of carbonyl (C=O) groups is 1. The van der Waals surface area contributed by atoms with Crippen molar-refractivity contribution in [1.29, 1.82) is 0 Å². The molecule has 3 N–H and O–H groups in total. The van der Waals surface area contributed by atoms with Crippen molar-refractivity contribution in [2.45, 2.75) is 19.4 Å². The van der Waals surface area contributed by atoms with Gasteiger partial charge in [0.05, 0.1) is 28.8 Å². The molecule has 8 heteroatoms. The van der Waals surface area contributed by atoms with Gasteiger partial charge in [-0.1, -0.05) is 13.0 Å². The lowest BCUT2D eigenvalue weighted by atomic mass is 10.2. The molecule has 4 aromatic rings. The van der Waals surface area contributed by atoms with Crippen LogP contribution in [0.1, 0.15) is 13.3 Å². The van der Waals surface area contributed by atoms with Crippen molar-refractivity contribution >= 4 is 22.6 Å². The summed E-state index contributed by atoms with van der Waals surface area (Å²) >= 11 is 0. The molecule has 2 aromatic carbocycles. The van der Waals surface area contributed by atoms with E-state index < -0.39 is 6.04 Å². The van der Waals surface area contributed by atoms with Crippen LogP contribution in [-0.4, -0.2) is 26.7 Å². The third kappa shape index (κ3) is 3.85. The second-order valence-corrected chi connectivity index (χ2v) is 6.68. The lowest BCUT2D eigenvalue weighted by molar-refractivity contribution is -0.117. The molecule has 0 aliphatic carbocycles. The molecular weight excluding hydrogens is 385 g/mol. The van der Waals surface area contributed by atoms with Gasteiger partial charge in [0.2, 0.25) is 5.91 Å². The Balaban J connectivity index is 1.86. The smallest absolute Gasteiger partial charge is 0.242 e. The first-order valence-corrected chi connectivity index (χ1v) is 9.49. The molecule has 0 unspecified atom stereocenters. The lowest BCUT2D eigenvalue weighted by Crippen LogP contribution is -2.35. The molecule has 7 nitrogen and oxygen atoms in total. The molecule has 1 atom stereocenters. The number of nitrogens with zero attached hydrogens (tertiary/aromatic N) is 3. The molecule has 30 heavy (non-hydrogen) atoms. The SMILES string of the molecule is CC[C@H](N)C(=O)Nc1nn(-c2ccc(F)cc2)c2cccc(Oc3cccnc3)c12. The summed E-state index contributed by atoms with van der Waals surface area (Å²) in [5, 5.41) is 7.96. The second-order valence-electron chi connectivity index (χ2n) is 6.68. The number of pyridine rings is 1. The number of nitrogens with two attached hydrogens (primary N) is 1. The Bertz CT molecular complexity index is 1180. The van der Waals surface area contributed by atoms with Crippen molar-refractivity contribution in [3.63, 3.8) is 0 Å². The number of hydrogen-bond acceptors (Lipinski definition) is 5. The molecule has 0 bridgehead atoms. The maximum absolute atomic E-state index is 13.4. The fraction of sp³-hybridized carbons (Fsp3) is 0.136. The topological polar surface area (TPSA) is 95.1 Å². The van der Waals surface area contributed by atoms with Crippen LogP contribution in [0, 0.1) is 5.82 Å². The van der Waals surface area contributed by atoms with Crippen LogP contribution >= 0.6 is 0 Å². The average Bonchev–Trinajstić information content (AvgIpc) is 3.13. The molecule has 0 fully saturated rings. The predicted octanol–water partition coefficient (Wildman–Crippen LogP) is 4.03. The summed E-state index contributed by atoms with van der Waals surface area (Å²) < 4.78 is 21.0. The number of benzene rings is 2. The number of amides is 1. The quantitative estimate of drug-likeness (QED) is 0.505. The molecule has 1 amide bonds. The minimum Gasteiger partial charge on any atom is -0.455 e. The van der Waals surface area contributed by atoms with E-state index in [1.54, 1.807) is 47.4 Å². The van der Waals surface area contributed by atoms with Crippen LogP contribution in [0.15, 0.2) is 67.0 Å². The van der Waals surface area contributed by atoms with E-state index in [2.05, 4.69) is 15.4 Å². The number of hydrogen-bond donors (Lipinski definition) is 2. The van der Waals surface area contributed by atoms with E-state index in [0.717, 1.165) is 0 Å². The lowest BCUT2D eigenvalue weighted by Gasteiger charge is -2.10. The molecule has 2 aromatic heterocycles. The molecule has 152 valence electrons. The van der Waals surface area contributed by atoms with Gasteiger partial charge in [0, 0.05) is 6.20 Å². The van der Waals surface area contributed by atoms with Crippen LogP contribution in [0.2, 0.25) is 0 Å². The number of ether oxygens (including phenoxy) is 1. The number of anilines is 1. The van der Waals surface area contributed by atoms with Crippen LogP contribution < -0.4 is 15.8 Å². The Labute approximate surface area is 172 Å². The number of halogens is 1. The summed E-state index contributed by atoms with van der Waals surface area (Å²) in [6.07, 6.45) is 3.73. The van der Waals surface area contributed by atoms with E-state index in [9.17, 15) is 9.18 Å². The van der Waals surface area contributed by atoms with Gasteiger partial charge in [0.25, 0.3) is 0 Å². The third-order valence-electron chi connectivity index (χ3n) is 4.62. The van der Waals surface area contributed by atoms with Gasteiger partial charge in [-0.15, -0.1) is 5.10 Å². The monoisotopic (exact) mass is 405 g/mol. The van der Waals surface area contributed by atoms with Gasteiger partial charge < -0.3 is 15.8 Å². The Morgan fingerprint density at radius 1 is 1.20 bits per heavy atom. The number of fused-ring (bicyclic) bond motifs is 1. The van der Waals surface area contributed by atoms with Crippen molar-refractivity contribution in [3.05, 3.63) is 72.8 Å². The molecule has 0 radical (unpaired) electrons. The predicted molar refractivity (Wildman–Crippen MR) is 112 cm³/mol. The molecule has 4 rings (SSSR count). The van der Waals surface area contributed by atoms with E-state index in [4.69, 9.17) is 10.5 Å². The van der Waals surface area contributed by atoms with Crippen LogP contribution in [0.3, 0.4) is 0 Å². The molecule has 0 spiro atoms. The van der Waals surface area contributed by atoms with Gasteiger partial charge in [0.1, 0.15) is 17.3 Å². The molecule has 2 heterocycles. The number of aromatic nitrogens is 3. The van der Waals surface area contributed by atoms with E-state index in [1.807, 2.05) is 19.1 Å². The number of carbonyl (C=O) groups excluding carboxylic acids is 1.